The number of fused-ring (bicyclic) bond motifs is 1. The molecule has 1 heterocycles. The van der Waals surface area contributed by atoms with Crippen LogP contribution in [0.2, 0.25) is 0 Å². The van der Waals surface area contributed by atoms with Gasteiger partial charge in [-0.1, -0.05) is 0 Å². The Kier molecular flexibility index (Phi) is 2.63. The van der Waals surface area contributed by atoms with Crippen LogP contribution >= 0.6 is 0 Å². The average Bonchev–Trinajstić information content (AvgIpc) is 2.32. The molecule has 2 rings (SSSR count). The minimum absolute atomic E-state index is 0.0362. The fourth-order valence-corrected chi connectivity index (χ4v) is 1.60. The number of likely N-dealkylation sites (N-methyl/N-ethyl adjacent to an activating group) is 1. The molecule has 0 unspecified atom stereocenters. The van der Waals surface area contributed by atoms with Crippen LogP contribution in [0.1, 0.15) is 0 Å². The second-order valence-electron chi connectivity index (χ2n) is 3.79. The van der Waals surface area contributed by atoms with Crippen LogP contribution in [0.15, 0.2) is 18.2 Å². The predicted octanol–water partition coefficient (Wildman–Crippen LogP) is 0.557. The fourth-order valence-electron chi connectivity index (χ4n) is 1.60. The molecular formula is C11H13N3O3. The minimum Gasteiger partial charge on any atom is -0.482 e. The van der Waals surface area contributed by atoms with Crippen molar-refractivity contribution in [2.45, 2.75) is 0 Å². The molecule has 1 aromatic rings. The first-order valence-corrected chi connectivity index (χ1v) is 5.07. The Bertz CT molecular complexity index is 487. The summed E-state index contributed by atoms with van der Waals surface area (Å²) >= 11 is 0. The lowest BCUT2D eigenvalue weighted by atomic mass is 10.2. The number of nitrogens with zero attached hydrogens (tertiary/aromatic N) is 2. The molecule has 0 saturated carbocycles. The maximum atomic E-state index is 11.5. The Labute approximate surface area is 98.5 Å². The van der Waals surface area contributed by atoms with Crippen molar-refractivity contribution < 1.29 is 14.3 Å². The highest BCUT2D eigenvalue weighted by molar-refractivity contribution is 5.99. The van der Waals surface area contributed by atoms with Crippen molar-refractivity contribution in [1.82, 2.24) is 0 Å². The van der Waals surface area contributed by atoms with Gasteiger partial charge in [-0.25, -0.2) is 4.79 Å². The number of nitrogens with two attached hydrogens (primary N) is 1. The number of anilines is 2. The van der Waals surface area contributed by atoms with E-state index in [0.29, 0.717) is 17.1 Å². The summed E-state index contributed by atoms with van der Waals surface area (Å²) in [4.78, 5) is 25.3. The summed E-state index contributed by atoms with van der Waals surface area (Å²) < 4.78 is 5.28. The van der Waals surface area contributed by atoms with Crippen molar-refractivity contribution in [2.24, 2.45) is 5.73 Å². The SMILES string of the molecule is CN(C(N)=O)c1ccc2c(c1)N(C)C(=O)CO2. The van der Waals surface area contributed by atoms with E-state index >= 15 is 0 Å². The van der Waals surface area contributed by atoms with E-state index in [-0.39, 0.29) is 12.5 Å². The van der Waals surface area contributed by atoms with Gasteiger partial charge in [0.1, 0.15) is 5.75 Å². The van der Waals surface area contributed by atoms with Gasteiger partial charge in [0.05, 0.1) is 5.69 Å². The third-order valence-corrected chi connectivity index (χ3v) is 2.75. The Morgan fingerprint density at radius 3 is 2.88 bits per heavy atom. The minimum atomic E-state index is -0.560. The van der Waals surface area contributed by atoms with Gasteiger partial charge in [-0.15, -0.1) is 0 Å². The van der Waals surface area contributed by atoms with E-state index < -0.39 is 6.03 Å². The van der Waals surface area contributed by atoms with Crippen molar-refractivity contribution in [3.8, 4) is 5.75 Å². The van der Waals surface area contributed by atoms with E-state index in [0.717, 1.165) is 0 Å². The molecule has 17 heavy (non-hydrogen) atoms. The first-order chi connectivity index (χ1) is 8.00. The summed E-state index contributed by atoms with van der Waals surface area (Å²) in [7, 11) is 3.23. The number of ether oxygens (including phenoxy) is 1. The quantitative estimate of drug-likeness (QED) is 0.772. The molecule has 90 valence electrons. The summed E-state index contributed by atoms with van der Waals surface area (Å²) in [6.07, 6.45) is 0. The number of hydrogen-bond acceptors (Lipinski definition) is 3. The first-order valence-electron chi connectivity index (χ1n) is 5.07. The molecule has 0 radical (unpaired) electrons. The maximum absolute atomic E-state index is 11.5. The normalized spacial score (nSPS) is 14.0. The zero-order chi connectivity index (χ0) is 12.6. The molecule has 0 aliphatic carbocycles. The largest absolute Gasteiger partial charge is 0.482 e. The fraction of sp³-hybridized carbons (Fsp3) is 0.273. The van der Waals surface area contributed by atoms with Crippen molar-refractivity contribution in [2.75, 3.05) is 30.5 Å². The van der Waals surface area contributed by atoms with E-state index in [2.05, 4.69) is 0 Å². The number of benzene rings is 1. The molecule has 0 spiro atoms. The molecule has 0 bridgehead atoms. The van der Waals surface area contributed by atoms with Crippen LogP contribution < -0.4 is 20.3 Å². The van der Waals surface area contributed by atoms with Gasteiger partial charge in [0, 0.05) is 19.8 Å². The molecule has 0 saturated heterocycles. The molecule has 0 aromatic heterocycles. The number of carbonyl (C=O) groups is 2. The van der Waals surface area contributed by atoms with E-state index in [4.69, 9.17) is 10.5 Å². The lowest BCUT2D eigenvalue weighted by molar-refractivity contribution is -0.120. The number of urea groups is 1. The van der Waals surface area contributed by atoms with Crippen LogP contribution in [0.3, 0.4) is 0 Å². The summed E-state index contributed by atoms with van der Waals surface area (Å²) in [5.74, 6) is 0.491. The highest BCUT2D eigenvalue weighted by Gasteiger charge is 2.23. The lowest BCUT2D eigenvalue weighted by Crippen LogP contribution is -2.36. The van der Waals surface area contributed by atoms with Gasteiger partial charge < -0.3 is 15.4 Å². The Hall–Kier alpha value is -2.24. The van der Waals surface area contributed by atoms with Crippen molar-refractivity contribution >= 4 is 23.3 Å². The van der Waals surface area contributed by atoms with Gasteiger partial charge in [0.25, 0.3) is 5.91 Å². The number of rotatable bonds is 1. The summed E-state index contributed by atoms with van der Waals surface area (Å²) in [5.41, 5.74) is 6.42. The number of amides is 3. The van der Waals surface area contributed by atoms with E-state index in [1.54, 1.807) is 32.3 Å². The third-order valence-electron chi connectivity index (χ3n) is 2.75. The molecular weight excluding hydrogens is 222 g/mol. The molecule has 0 fully saturated rings. The number of carbonyl (C=O) groups excluding carboxylic acids is 2. The van der Waals surface area contributed by atoms with Crippen molar-refractivity contribution in [3.05, 3.63) is 18.2 Å². The van der Waals surface area contributed by atoms with Crippen LogP contribution in [-0.4, -0.2) is 32.6 Å². The van der Waals surface area contributed by atoms with Crippen molar-refractivity contribution in [1.29, 1.82) is 0 Å². The van der Waals surface area contributed by atoms with Crippen molar-refractivity contribution in [3.63, 3.8) is 0 Å². The van der Waals surface area contributed by atoms with Crippen LogP contribution in [0.25, 0.3) is 0 Å². The van der Waals surface area contributed by atoms with Gasteiger partial charge >= 0.3 is 6.03 Å². The van der Waals surface area contributed by atoms with Gasteiger partial charge in [-0.3, -0.25) is 9.69 Å². The van der Waals surface area contributed by atoms with E-state index in [1.165, 1.54) is 9.80 Å². The molecule has 6 nitrogen and oxygen atoms in total. The first kappa shape index (κ1) is 11.3. The Morgan fingerprint density at radius 2 is 2.24 bits per heavy atom. The van der Waals surface area contributed by atoms with Gasteiger partial charge in [0.15, 0.2) is 6.61 Å². The lowest BCUT2D eigenvalue weighted by Gasteiger charge is -2.27. The Balaban J connectivity index is 2.42. The van der Waals surface area contributed by atoms with Gasteiger partial charge in [-0.05, 0) is 18.2 Å². The van der Waals surface area contributed by atoms with Crippen LogP contribution in [0.5, 0.6) is 5.75 Å². The molecule has 1 aromatic carbocycles. The maximum Gasteiger partial charge on any atom is 0.318 e. The second kappa shape index (κ2) is 3.97. The van der Waals surface area contributed by atoms with Crippen LogP contribution in [0.4, 0.5) is 16.2 Å². The van der Waals surface area contributed by atoms with Gasteiger partial charge in [-0.2, -0.15) is 0 Å². The monoisotopic (exact) mass is 235 g/mol. The van der Waals surface area contributed by atoms with E-state index in [9.17, 15) is 9.59 Å². The third kappa shape index (κ3) is 1.89. The molecule has 2 N–H and O–H groups in total. The smallest absolute Gasteiger partial charge is 0.318 e. The topological polar surface area (TPSA) is 75.9 Å². The van der Waals surface area contributed by atoms with Crippen LogP contribution in [0, 0.1) is 0 Å². The molecule has 1 aliphatic heterocycles. The Morgan fingerprint density at radius 1 is 1.53 bits per heavy atom. The predicted molar refractivity (Wildman–Crippen MR) is 63.3 cm³/mol. The highest BCUT2D eigenvalue weighted by Crippen LogP contribution is 2.34. The molecule has 1 aliphatic rings. The standard InChI is InChI=1S/C11H13N3O3/c1-13(11(12)16)7-3-4-9-8(5-7)14(2)10(15)6-17-9/h3-5H,6H2,1-2H3,(H2,12,16). The highest BCUT2D eigenvalue weighted by atomic mass is 16.5. The molecule has 3 amide bonds. The van der Waals surface area contributed by atoms with E-state index in [1.807, 2.05) is 0 Å². The number of hydrogen-bond donors (Lipinski definition) is 1. The summed E-state index contributed by atoms with van der Waals surface area (Å²) in [5, 5.41) is 0. The molecule has 6 heteroatoms. The second-order valence-corrected chi connectivity index (χ2v) is 3.79. The van der Waals surface area contributed by atoms with Crippen LogP contribution in [-0.2, 0) is 4.79 Å². The zero-order valence-electron chi connectivity index (χ0n) is 9.64. The number of primary amides is 1. The summed E-state index contributed by atoms with van der Waals surface area (Å²) in [6.45, 7) is 0.0362. The van der Waals surface area contributed by atoms with Gasteiger partial charge in [0.2, 0.25) is 0 Å². The molecule has 0 atom stereocenters. The average molecular weight is 235 g/mol. The zero-order valence-corrected chi connectivity index (χ0v) is 9.64. The summed E-state index contributed by atoms with van der Waals surface area (Å²) in [6, 6.07) is 4.56.